The van der Waals surface area contributed by atoms with Crippen LogP contribution in [0.4, 0.5) is 0 Å². The Labute approximate surface area is 145 Å². The summed E-state index contributed by atoms with van der Waals surface area (Å²) in [4.78, 5) is 4.60. The summed E-state index contributed by atoms with van der Waals surface area (Å²) in [5.41, 5.74) is 5.04. The van der Waals surface area contributed by atoms with Crippen LogP contribution in [0.15, 0.2) is 79.0 Å². The Morgan fingerprint density at radius 2 is 1.17 bits per heavy atom. The lowest BCUT2D eigenvalue weighted by Gasteiger charge is -2.05. The number of rotatable bonds is 8. The van der Waals surface area contributed by atoms with E-state index in [9.17, 15) is 0 Å². The first-order valence-corrected chi connectivity index (χ1v) is 8.96. The molecular weight excluding hydrogens is 290 g/mol. The third-order valence-electron chi connectivity index (χ3n) is 4.42. The standard InChI is InChI=1S/C23H25N/c1(5-11-20-12-7-3-8-13-20)2-6-14-21-17-18-23(24-19-21)22-15-9-4-10-16-22/h3-4,7-10,12-13,15-19H,1-2,5-6,11,14H2. The van der Waals surface area contributed by atoms with Crippen LogP contribution < -0.4 is 0 Å². The van der Waals surface area contributed by atoms with Crippen LogP contribution >= 0.6 is 0 Å². The van der Waals surface area contributed by atoms with E-state index in [2.05, 4.69) is 71.7 Å². The monoisotopic (exact) mass is 315 g/mol. The fourth-order valence-electron chi connectivity index (χ4n) is 3.01. The van der Waals surface area contributed by atoms with Crippen molar-refractivity contribution < 1.29 is 0 Å². The molecule has 3 aromatic rings. The van der Waals surface area contributed by atoms with Gasteiger partial charge in [0.25, 0.3) is 0 Å². The Morgan fingerprint density at radius 3 is 1.79 bits per heavy atom. The first-order valence-electron chi connectivity index (χ1n) is 8.96. The van der Waals surface area contributed by atoms with Crippen molar-refractivity contribution in [2.24, 2.45) is 0 Å². The molecule has 0 aliphatic rings. The minimum absolute atomic E-state index is 1.06. The summed E-state index contributed by atoms with van der Waals surface area (Å²) >= 11 is 0. The van der Waals surface area contributed by atoms with Crippen LogP contribution in [-0.2, 0) is 12.8 Å². The van der Waals surface area contributed by atoms with E-state index < -0.39 is 0 Å². The zero-order valence-electron chi connectivity index (χ0n) is 14.2. The third kappa shape index (κ3) is 5.06. The molecule has 1 aromatic heterocycles. The van der Waals surface area contributed by atoms with Gasteiger partial charge in [0, 0.05) is 11.8 Å². The van der Waals surface area contributed by atoms with E-state index in [1.54, 1.807) is 0 Å². The first kappa shape index (κ1) is 16.4. The van der Waals surface area contributed by atoms with Crippen molar-refractivity contribution in [1.82, 2.24) is 4.98 Å². The van der Waals surface area contributed by atoms with Gasteiger partial charge >= 0.3 is 0 Å². The molecule has 1 heterocycles. The summed E-state index contributed by atoms with van der Waals surface area (Å²) in [6.45, 7) is 0. The van der Waals surface area contributed by atoms with E-state index in [-0.39, 0.29) is 0 Å². The van der Waals surface area contributed by atoms with Crippen molar-refractivity contribution in [3.8, 4) is 11.3 Å². The Hall–Kier alpha value is -2.41. The summed E-state index contributed by atoms with van der Waals surface area (Å²) in [5.74, 6) is 0. The van der Waals surface area contributed by atoms with E-state index in [1.165, 1.54) is 48.8 Å². The van der Waals surface area contributed by atoms with Crippen LogP contribution in [0.3, 0.4) is 0 Å². The Kier molecular flexibility index (Phi) is 6.18. The van der Waals surface area contributed by atoms with Crippen LogP contribution in [0.2, 0.25) is 0 Å². The predicted molar refractivity (Wildman–Crippen MR) is 102 cm³/mol. The van der Waals surface area contributed by atoms with Gasteiger partial charge in [0.15, 0.2) is 0 Å². The molecule has 122 valence electrons. The molecule has 24 heavy (non-hydrogen) atoms. The van der Waals surface area contributed by atoms with E-state index in [4.69, 9.17) is 0 Å². The van der Waals surface area contributed by atoms with Crippen LogP contribution in [0.5, 0.6) is 0 Å². The molecule has 0 bridgehead atoms. The number of aryl methyl sites for hydroxylation is 2. The molecule has 0 N–H and O–H groups in total. The summed E-state index contributed by atoms with van der Waals surface area (Å²) in [7, 11) is 0. The number of hydrogen-bond donors (Lipinski definition) is 0. The van der Waals surface area contributed by atoms with Gasteiger partial charge in [-0.3, -0.25) is 4.98 Å². The molecule has 2 aromatic carbocycles. The van der Waals surface area contributed by atoms with Gasteiger partial charge in [-0.2, -0.15) is 0 Å². The fourth-order valence-corrected chi connectivity index (χ4v) is 3.01. The molecular formula is C23H25N. The highest BCUT2D eigenvalue weighted by Crippen LogP contribution is 2.17. The number of hydrogen-bond acceptors (Lipinski definition) is 1. The number of pyridine rings is 1. The first-order chi connectivity index (χ1) is 11.9. The number of nitrogens with zero attached hydrogens (tertiary/aromatic N) is 1. The number of unbranched alkanes of at least 4 members (excludes halogenated alkanes) is 3. The van der Waals surface area contributed by atoms with Crippen LogP contribution in [0, 0.1) is 0 Å². The molecule has 0 unspecified atom stereocenters. The van der Waals surface area contributed by atoms with Crippen molar-refractivity contribution in [3.63, 3.8) is 0 Å². The van der Waals surface area contributed by atoms with Crippen molar-refractivity contribution in [1.29, 1.82) is 0 Å². The number of benzene rings is 2. The minimum Gasteiger partial charge on any atom is -0.256 e. The predicted octanol–water partition coefficient (Wildman–Crippen LogP) is 6.09. The van der Waals surface area contributed by atoms with Crippen LogP contribution in [-0.4, -0.2) is 4.98 Å². The van der Waals surface area contributed by atoms with Crippen molar-refractivity contribution in [2.45, 2.75) is 38.5 Å². The van der Waals surface area contributed by atoms with Gasteiger partial charge < -0.3 is 0 Å². The quantitative estimate of drug-likeness (QED) is 0.458. The summed E-state index contributed by atoms with van der Waals surface area (Å²) in [6, 6.07) is 25.5. The van der Waals surface area contributed by atoms with Gasteiger partial charge in [0.2, 0.25) is 0 Å². The zero-order valence-corrected chi connectivity index (χ0v) is 14.2. The van der Waals surface area contributed by atoms with Gasteiger partial charge in [-0.25, -0.2) is 0 Å². The van der Waals surface area contributed by atoms with Crippen molar-refractivity contribution >= 4 is 0 Å². The molecule has 0 fully saturated rings. The van der Waals surface area contributed by atoms with Gasteiger partial charge in [0.1, 0.15) is 0 Å². The van der Waals surface area contributed by atoms with Gasteiger partial charge in [-0.15, -0.1) is 0 Å². The number of aromatic nitrogens is 1. The zero-order chi connectivity index (χ0) is 16.5. The average Bonchev–Trinajstić information content (AvgIpc) is 2.67. The lowest BCUT2D eigenvalue weighted by atomic mass is 10.0. The van der Waals surface area contributed by atoms with Gasteiger partial charge in [-0.1, -0.05) is 79.6 Å². The molecule has 1 heteroatoms. The maximum atomic E-state index is 4.60. The molecule has 0 saturated heterocycles. The SMILES string of the molecule is c1ccc(CCCCCCc2ccc(-c3ccccc3)nc2)cc1. The summed E-state index contributed by atoms with van der Waals surface area (Å²) in [6.07, 6.45) is 9.52. The highest BCUT2D eigenvalue weighted by atomic mass is 14.7. The molecule has 0 spiro atoms. The van der Waals surface area contributed by atoms with E-state index in [0.717, 1.165) is 12.1 Å². The second-order valence-electron chi connectivity index (χ2n) is 6.32. The Balaban J connectivity index is 1.36. The summed E-state index contributed by atoms with van der Waals surface area (Å²) in [5, 5.41) is 0. The molecule has 0 atom stereocenters. The van der Waals surface area contributed by atoms with E-state index in [0.29, 0.717) is 0 Å². The second kappa shape index (κ2) is 9.02. The van der Waals surface area contributed by atoms with E-state index in [1.807, 2.05) is 12.3 Å². The van der Waals surface area contributed by atoms with Gasteiger partial charge in [-0.05, 0) is 42.9 Å². The molecule has 1 nitrogen and oxygen atoms in total. The highest BCUT2D eigenvalue weighted by Gasteiger charge is 1.99. The normalized spacial score (nSPS) is 10.7. The van der Waals surface area contributed by atoms with Crippen LogP contribution in [0.1, 0.15) is 36.8 Å². The van der Waals surface area contributed by atoms with Crippen LogP contribution in [0.25, 0.3) is 11.3 Å². The largest absolute Gasteiger partial charge is 0.256 e. The topological polar surface area (TPSA) is 12.9 Å². The minimum atomic E-state index is 1.06. The fraction of sp³-hybridized carbons (Fsp3) is 0.261. The lowest BCUT2D eigenvalue weighted by molar-refractivity contribution is 0.640. The summed E-state index contributed by atoms with van der Waals surface area (Å²) < 4.78 is 0. The smallest absolute Gasteiger partial charge is 0.0702 e. The second-order valence-corrected chi connectivity index (χ2v) is 6.32. The highest BCUT2D eigenvalue weighted by molar-refractivity contribution is 5.58. The lowest BCUT2D eigenvalue weighted by Crippen LogP contribution is -1.90. The Morgan fingerprint density at radius 1 is 0.542 bits per heavy atom. The molecule has 0 radical (unpaired) electrons. The molecule has 0 aliphatic carbocycles. The van der Waals surface area contributed by atoms with E-state index >= 15 is 0 Å². The molecule has 0 saturated carbocycles. The van der Waals surface area contributed by atoms with Crippen molar-refractivity contribution in [3.05, 3.63) is 90.1 Å². The van der Waals surface area contributed by atoms with Crippen molar-refractivity contribution in [2.75, 3.05) is 0 Å². The van der Waals surface area contributed by atoms with Gasteiger partial charge in [0.05, 0.1) is 5.69 Å². The molecule has 3 rings (SSSR count). The average molecular weight is 315 g/mol. The molecule has 0 amide bonds. The maximum absolute atomic E-state index is 4.60. The maximum Gasteiger partial charge on any atom is 0.0702 e. The third-order valence-corrected chi connectivity index (χ3v) is 4.42. The molecule has 0 aliphatic heterocycles. The Bertz CT molecular complexity index is 702.